The molecule has 88 valence electrons. The lowest BCUT2D eigenvalue weighted by atomic mass is 10.3. The zero-order valence-electron chi connectivity index (χ0n) is 9.95. The molecule has 0 unspecified atom stereocenters. The molecule has 1 saturated heterocycles. The average molecular weight is 221 g/mol. The second-order valence-electron chi connectivity index (χ2n) is 3.96. The fraction of sp³-hybridized carbons (Fsp3) is 0.636. The third-order valence-electron chi connectivity index (χ3n) is 2.62. The van der Waals surface area contributed by atoms with Crippen LogP contribution < -0.4 is 15.5 Å². The Morgan fingerprint density at radius 1 is 1.38 bits per heavy atom. The van der Waals surface area contributed by atoms with Gasteiger partial charge in [0.1, 0.15) is 5.82 Å². The molecule has 0 bridgehead atoms. The number of hydrogen-bond donors (Lipinski definition) is 2. The van der Waals surface area contributed by atoms with Crippen molar-refractivity contribution in [3.8, 4) is 0 Å². The van der Waals surface area contributed by atoms with Gasteiger partial charge in [0.15, 0.2) is 0 Å². The summed E-state index contributed by atoms with van der Waals surface area (Å²) in [5, 5.41) is 6.50. The zero-order valence-corrected chi connectivity index (χ0v) is 9.95. The van der Waals surface area contributed by atoms with Crippen LogP contribution >= 0.6 is 0 Å². The van der Waals surface area contributed by atoms with Crippen molar-refractivity contribution < 1.29 is 0 Å². The van der Waals surface area contributed by atoms with Crippen LogP contribution in [0.15, 0.2) is 6.07 Å². The summed E-state index contributed by atoms with van der Waals surface area (Å²) in [6.07, 6.45) is 0. The van der Waals surface area contributed by atoms with E-state index in [9.17, 15) is 0 Å². The minimum atomic E-state index is 0.732. The highest BCUT2D eigenvalue weighted by atomic mass is 15.3. The first-order chi connectivity index (χ1) is 7.79. The Morgan fingerprint density at radius 2 is 2.12 bits per heavy atom. The molecule has 2 rings (SSSR count). The summed E-state index contributed by atoms with van der Waals surface area (Å²) in [6.45, 7) is 9.00. The number of nitrogens with one attached hydrogen (secondary N) is 2. The van der Waals surface area contributed by atoms with Crippen LogP contribution in [0.2, 0.25) is 0 Å². The Morgan fingerprint density at radius 3 is 2.81 bits per heavy atom. The number of nitrogens with zero attached hydrogens (tertiary/aromatic N) is 3. The van der Waals surface area contributed by atoms with Gasteiger partial charge in [-0.05, 0) is 13.8 Å². The third-order valence-corrected chi connectivity index (χ3v) is 2.62. The summed E-state index contributed by atoms with van der Waals surface area (Å²) >= 11 is 0. The fourth-order valence-electron chi connectivity index (χ4n) is 1.85. The fourth-order valence-corrected chi connectivity index (χ4v) is 1.85. The number of aromatic nitrogens is 2. The summed E-state index contributed by atoms with van der Waals surface area (Å²) in [5.74, 6) is 1.76. The van der Waals surface area contributed by atoms with Gasteiger partial charge >= 0.3 is 0 Å². The summed E-state index contributed by atoms with van der Waals surface area (Å²) in [7, 11) is 0. The van der Waals surface area contributed by atoms with Crippen molar-refractivity contribution in [2.75, 3.05) is 42.9 Å². The summed E-state index contributed by atoms with van der Waals surface area (Å²) in [5.41, 5.74) is 1.01. The minimum absolute atomic E-state index is 0.732. The van der Waals surface area contributed by atoms with Crippen LogP contribution in [0.3, 0.4) is 0 Å². The van der Waals surface area contributed by atoms with Crippen LogP contribution in [0.25, 0.3) is 0 Å². The first-order valence-electron chi connectivity index (χ1n) is 5.85. The van der Waals surface area contributed by atoms with Crippen molar-refractivity contribution in [3.63, 3.8) is 0 Å². The normalized spacial score (nSPS) is 16.2. The van der Waals surface area contributed by atoms with E-state index in [0.717, 1.165) is 50.2 Å². The molecule has 0 spiro atoms. The lowest BCUT2D eigenvalue weighted by Crippen LogP contribution is -2.44. The van der Waals surface area contributed by atoms with Gasteiger partial charge in [0.25, 0.3) is 0 Å². The number of hydrogen-bond acceptors (Lipinski definition) is 5. The first-order valence-corrected chi connectivity index (χ1v) is 5.85. The van der Waals surface area contributed by atoms with Gasteiger partial charge in [-0.1, -0.05) is 0 Å². The number of piperazine rings is 1. The van der Waals surface area contributed by atoms with Crippen LogP contribution in [0, 0.1) is 6.92 Å². The van der Waals surface area contributed by atoms with Gasteiger partial charge in [-0.25, -0.2) is 4.98 Å². The molecule has 0 aliphatic carbocycles. The predicted octanol–water partition coefficient (Wildman–Crippen LogP) is 0.626. The molecule has 5 heteroatoms. The molecule has 5 nitrogen and oxygen atoms in total. The van der Waals surface area contributed by atoms with E-state index in [1.807, 2.05) is 13.0 Å². The van der Waals surface area contributed by atoms with Crippen LogP contribution in [0.1, 0.15) is 12.6 Å². The molecule has 0 atom stereocenters. The maximum absolute atomic E-state index is 4.52. The summed E-state index contributed by atoms with van der Waals surface area (Å²) in [4.78, 5) is 11.2. The largest absolute Gasteiger partial charge is 0.354 e. The lowest BCUT2D eigenvalue weighted by Gasteiger charge is -2.28. The molecule has 1 aliphatic heterocycles. The quantitative estimate of drug-likeness (QED) is 0.784. The molecular formula is C11H19N5. The SMILES string of the molecule is CCNc1nc(C)cc(N2CCNCC2)n1. The van der Waals surface area contributed by atoms with E-state index >= 15 is 0 Å². The predicted molar refractivity (Wildman–Crippen MR) is 66.0 cm³/mol. The van der Waals surface area contributed by atoms with Crippen molar-refractivity contribution in [1.29, 1.82) is 0 Å². The second-order valence-corrected chi connectivity index (χ2v) is 3.96. The highest BCUT2D eigenvalue weighted by Gasteiger charge is 2.12. The van der Waals surface area contributed by atoms with Crippen molar-refractivity contribution in [3.05, 3.63) is 11.8 Å². The zero-order chi connectivity index (χ0) is 11.4. The van der Waals surface area contributed by atoms with Gasteiger partial charge in [-0.2, -0.15) is 4.98 Å². The van der Waals surface area contributed by atoms with E-state index in [0.29, 0.717) is 0 Å². The van der Waals surface area contributed by atoms with Gasteiger partial charge < -0.3 is 15.5 Å². The number of anilines is 2. The average Bonchev–Trinajstić information content (AvgIpc) is 2.30. The lowest BCUT2D eigenvalue weighted by molar-refractivity contribution is 0.584. The van der Waals surface area contributed by atoms with E-state index in [2.05, 4.69) is 32.4 Å². The topological polar surface area (TPSA) is 53.1 Å². The van der Waals surface area contributed by atoms with Crippen molar-refractivity contribution >= 4 is 11.8 Å². The Labute approximate surface area is 96.3 Å². The molecule has 0 aromatic carbocycles. The molecule has 1 fully saturated rings. The van der Waals surface area contributed by atoms with Crippen molar-refractivity contribution in [2.24, 2.45) is 0 Å². The van der Waals surface area contributed by atoms with E-state index in [1.54, 1.807) is 0 Å². The van der Waals surface area contributed by atoms with Gasteiger partial charge in [-0.15, -0.1) is 0 Å². The Balaban J connectivity index is 2.18. The maximum Gasteiger partial charge on any atom is 0.224 e. The van der Waals surface area contributed by atoms with E-state index < -0.39 is 0 Å². The Kier molecular flexibility index (Phi) is 3.56. The monoisotopic (exact) mass is 221 g/mol. The van der Waals surface area contributed by atoms with E-state index in [1.165, 1.54) is 0 Å². The minimum Gasteiger partial charge on any atom is -0.354 e. The molecule has 2 N–H and O–H groups in total. The van der Waals surface area contributed by atoms with Gasteiger partial charge in [0.2, 0.25) is 5.95 Å². The van der Waals surface area contributed by atoms with Crippen molar-refractivity contribution in [1.82, 2.24) is 15.3 Å². The Hall–Kier alpha value is -1.36. The standard InChI is InChI=1S/C11H19N5/c1-3-13-11-14-9(2)8-10(15-11)16-6-4-12-5-7-16/h8,12H,3-7H2,1-2H3,(H,13,14,15). The highest BCUT2D eigenvalue weighted by Crippen LogP contribution is 2.15. The molecule has 2 heterocycles. The second kappa shape index (κ2) is 5.12. The van der Waals surface area contributed by atoms with Crippen molar-refractivity contribution in [2.45, 2.75) is 13.8 Å². The van der Waals surface area contributed by atoms with Crippen LogP contribution in [0.5, 0.6) is 0 Å². The third kappa shape index (κ3) is 2.61. The molecule has 0 radical (unpaired) electrons. The molecule has 1 aromatic rings. The molecule has 0 saturated carbocycles. The van der Waals surface area contributed by atoms with E-state index in [4.69, 9.17) is 0 Å². The van der Waals surface area contributed by atoms with Gasteiger partial charge in [-0.3, -0.25) is 0 Å². The summed E-state index contributed by atoms with van der Waals surface area (Å²) in [6, 6.07) is 2.05. The smallest absolute Gasteiger partial charge is 0.224 e. The molecular weight excluding hydrogens is 202 g/mol. The molecule has 1 aliphatic rings. The Bertz CT molecular complexity index is 346. The summed E-state index contributed by atoms with van der Waals surface area (Å²) < 4.78 is 0. The number of aryl methyl sites for hydroxylation is 1. The van der Waals surface area contributed by atoms with E-state index in [-0.39, 0.29) is 0 Å². The van der Waals surface area contributed by atoms with Crippen LogP contribution in [-0.2, 0) is 0 Å². The highest BCUT2D eigenvalue weighted by molar-refractivity contribution is 5.45. The van der Waals surface area contributed by atoms with Gasteiger partial charge in [0, 0.05) is 44.5 Å². The van der Waals surface area contributed by atoms with Crippen LogP contribution in [0.4, 0.5) is 11.8 Å². The molecule has 1 aromatic heterocycles. The molecule has 0 amide bonds. The molecule has 16 heavy (non-hydrogen) atoms. The maximum atomic E-state index is 4.52. The van der Waals surface area contributed by atoms with Crippen LogP contribution in [-0.4, -0.2) is 42.7 Å². The van der Waals surface area contributed by atoms with Gasteiger partial charge in [0.05, 0.1) is 0 Å². The first kappa shape index (κ1) is 11.1. The number of rotatable bonds is 3.